The number of fused-ring (bicyclic) bond motifs is 5. The molecule has 0 radical (unpaired) electrons. The van der Waals surface area contributed by atoms with Crippen LogP contribution in [-0.4, -0.2) is 70.7 Å². The molecule has 1 heterocycles. The molecule has 230 valence electrons. The highest BCUT2D eigenvalue weighted by Crippen LogP contribution is 2.69. The van der Waals surface area contributed by atoms with Crippen LogP contribution in [0.5, 0.6) is 0 Å². The van der Waals surface area contributed by atoms with Crippen molar-refractivity contribution in [2.24, 2.45) is 57.7 Å². The Balaban J connectivity index is 1.20. The van der Waals surface area contributed by atoms with Crippen molar-refractivity contribution < 1.29 is 24.9 Å². The summed E-state index contributed by atoms with van der Waals surface area (Å²) in [6.45, 7) is 11.3. The van der Waals surface area contributed by atoms with Crippen LogP contribution in [0.3, 0.4) is 0 Å². The van der Waals surface area contributed by atoms with Crippen molar-refractivity contribution in [3.05, 3.63) is 0 Å². The fourth-order valence-electron chi connectivity index (χ4n) is 11.1. The molecule has 5 rings (SSSR count). The Labute approximate surface area is 247 Å². The van der Waals surface area contributed by atoms with Crippen LogP contribution >= 0.6 is 11.6 Å². The molecular formula is C33H56ClNO5. The van der Waals surface area contributed by atoms with Gasteiger partial charge in [0.15, 0.2) is 0 Å². The second kappa shape index (κ2) is 11.8. The predicted octanol–water partition coefficient (Wildman–Crippen LogP) is 6.09. The Morgan fingerprint density at radius 3 is 2.33 bits per heavy atom. The summed E-state index contributed by atoms with van der Waals surface area (Å²) in [6.07, 6.45) is 10.3. The standard InChI is InChI=1S/C33H56ClNO5/c1-5-23-27-18-22(37)8-11-32(27,4)26-9-12-31(3)24(6-7-25(31)28(26)29(23)38)21(2)10-17-40-30(39)35-15-13-33(19-34,20-36)14-16-35/h21-29,36-38H,5-20H2,1-4H3/t21-,22-,23-,24-,25+,26+,27+,28?,29-,31?,32?/m1/s1. The van der Waals surface area contributed by atoms with Crippen LogP contribution in [0, 0.1) is 57.7 Å². The molecule has 1 amide bonds. The van der Waals surface area contributed by atoms with Gasteiger partial charge in [0, 0.05) is 31.0 Å². The topological polar surface area (TPSA) is 90.2 Å². The molecule has 3 N–H and O–H groups in total. The zero-order valence-electron chi connectivity index (χ0n) is 25.5. The van der Waals surface area contributed by atoms with E-state index in [2.05, 4.69) is 27.7 Å². The van der Waals surface area contributed by atoms with E-state index >= 15 is 0 Å². The summed E-state index contributed by atoms with van der Waals surface area (Å²) in [5, 5.41) is 32.2. The molecule has 6 nitrogen and oxygen atoms in total. The molecule has 7 heteroatoms. The largest absolute Gasteiger partial charge is 0.449 e. The zero-order valence-corrected chi connectivity index (χ0v) is 26.2. The number of carbonyl (C=O) groups is 1. The number of aliphatic hydroxyl groups excluding tert-OH is 3. The molecule has 1 aliphatic heterocycles. The summed E-state index contributed by atoms with van der Waals surface area (Å²) in [6, 6.07) is 0. The van der Waals surface area contributed by atoms with Gasteiger partial charge in [0.1, 0.15) is 0 Å². The normalized spacial score (nSPS) is 45.2. The van der Waals surface area contributed by atoms with Gasteiger partial charge in [-0.1, -0.05) is 34.1 Å². The molecular weight excluding hydrogens is 526 g/mol. The minimum absolute atomic E-state index is 0.0682. The van der Waals surface area contributed by atoms with Crippen LogP contribution in [-0.2, 0) is 4.74 Å². The highest BCUT2D eigenvalue weighted by molar-refractivity contribution is 6.18. The van der Waals surface area contributed by atoms with Gasteiger partial charge in [-0.15, -0.1) is 11.6 Å². The summed E-state index contributed by atoms with van der Waals surface area (Å²) < 4.78 is 5.76. The Morgan fingerprint density at radius 1 is 1.00 bits per heavy atom. The second-order valence-electron chi connectivity index (χ2n) is 15.3. The number of nitrogens with zero attached hydrogens (tertiary/aromatic N) is 1. The fraction of sp³-hybridized carbons (Fsp3) is 0.970. The first-order chi connectivity index (χ1) is 19.0. The first kappa shape index (κ1) is 30.9. The number of carbonyl (C=O) groups excluding carboxylic acids is 1. The van der Waals surface area contributed by atoms with Gasteiger partial charge in [0.2, 0.25) is 0 Å². The predicted molar refractivity (Wildman–Crippen MR) is 158 cm³/mol. The van der Waals surface area contributed by atoms with Gasteiger partial charge >= 0.3 is 6.09 Å². The third kappa shape index (κ3) is 5.13. The molecule has 0 spiro atoms. The summed E-state index contributed by atoms with van der Waals surface area (Å²) in [5.41, 5.74) is 0.196. The van der Waals surface area contributed by atoms with E-state index in [1.54, 1.807) is 4.90 Å². The van der Waals surface area contributed by atoms with E-state index in [0.29, 0.717) is 79.8 Å². The van der Waals surface area contributed by atoms with Gasteiger partial charge in [-0.3, -0.25) is 0 Å². The van der Waals surface area contributed by atoms with Crippen molar-refractivity contribution in [3.8, 4) is 0 Å². The molecule has 5 fully saturated rings. The monoisotopic (exact) mass is 581 g/mol. The van der Waals surface area contributed by atoms with Crippen LogP contribution < -0.4 is 0 Å². The summed E-state index contributed by atoms with van der Waals surface area (Å²) in [4.78, 5) is 14.5. The lowest BCUT2D eigenvalue weighted by atomic mass is 9.41. The smallest absolute Gasteiger partial charge is 0.409 e. The first-order valence-corrected chi connectivity index (χ1v) is 17.0. The lowest BCUT2D eigenvalue weighted by Gasteiger charge is -2.64. The third-order valence-corrected chi connectivity index (χ3v) is 14.2. The third-order valence-electron chi connectivity index (χ3n) is 13.7. The number of rotatable bonds is 7. The van der Waals surface area contributed by atoms with E-state index in [4.69, 9.17) is 16.3 Å². The Hall–Kier alpha value is -0.560. The Kier molecular flexibility index (Phi) is 9.15. The number of ether oxygens (including phenoxy) is 1. The molecule has 1 saturated heterocycles. The van der Waals surface area contributed by atoms with Gasteiger partial charge < -0.3 is 25.0 Å². The molecule has 5 aliphatic rings. The van der Waals surface area contributed by atoms with Crippen molar-refractivity contribution in [2.45, 2.75) is 111 Å². The number of amides is 1. The average Bonchev–Trinajstić information content (AvgIpc) is 3.31. The average molecular weight is 582 g/mol. The van der Waals surface area contributed by atoms with Gasteiger partial charge in [-0.2, -0.15) is 0 Å². The minimum Gasteiger partial charge on any atom is -0.449 e. The van der Waals surface area contributed by atoms with Crippen LogP contribution in [0.4, 0.5) is 4.79 Å². The van der Waals surface area contributed by atoms with Gasteiger partial charge in [-0.25, -0.2) is 4.79 Å². The van der Waals surface area contributed by atoms with E-state index in [1.165, 1.54) is 25.7 Å². The number of alkyl halides is 1. The van der Waals surface area contributed by atoms with Crippen molar-refractivity contribution in [2.75, 3.05) is 32.2 Å². The quantitative estimate of drug-likeness (QED) is 0.317. The molecule has 40 heavy (non-hydrogen) atoms. The minimum atomic E-state index is -0.264. The highest BCUT2D eigenvalue weighted by Gasteiger charge is 2.64. The maximum Gasteiger partial charge on any atom is 0.409 e. The molecule has 4 aliphatic carbocycles. The number of hydrogen-bond acceptors (Lipinski definition) is 5. The number of hydrogen-bond donors (Lipinski definition) is 3. The molecule has 3 unspecified atom stereocenters. The molecule has 4 saturated carbocycles. The maximum atomic E-state index is 12.8. The summed E-state index contributed by atoms with van der Waals surface area (Å²) in [5.74, 6) is 3.69. The van der Waals surface area contributed by atoms with Gasteiger partial charge in [-0.05, 0) is 116 Å². The van der Waals surface area contributed by atoms with E-state index in [1.807, 2.05) is 0 Å². The van der Waals surface area contributed by atoms with Crippen LogP contribution in [0.15, 0.2) is 0 Å². The molecule has 0 aromatic rings. The van der Waals surface area contributed by atoms with Crippen molar-refractivity contribution in [3.63, 3.8) is 0 Å². The van der Waals surface area contributed by atoms with Crippen LogP contribution in [0.2, 0.25) is 0 Å². The van der Waals surface area contributed by atoms with Crippen molar-refractivity contribution >= 4 is 17.7 Å². The van der Waals surface area contributed by atoms with Crippen LogP contribution in [0.25, 0.3) is 0 Å². The van der Waals surface area contributed by atoms with Gasteiger partial charge in [0.25, 0.3) is 0 Å². The SMILES string of the molecule is CC[C@H]1[C@@H](O)C2[C@@H]3CC[C@H]([C@H](C)CCOC(=O)N4CCC(CO)(CCl)CC4)C3(C)CC[C@@H]2C2(C)CC[C@@H](O)C[C@@H]12. The first-order valence-electron chi connectivity index (χ1n) is 16.5. The van der Waals surface area contributed by atoms with Crippen molar-refractivity contribution in [1.82, 2.24) is 4.90 Å². The number of aliphatic hydroxyl groups is 3. The highest BCUT2D eigenvalue weighted by atomic mass is 35.5. The Bertz CT molecular complexity index is 888. The summed E-state index contributed by atoms with van der Waals surface area (Å²) >= 11 is 6.09. The van der Waals surface area contributed by atoms with E-state index in [0.717, 1.165) is 32.1 Å². The molecule has 0 bridgehead atoms. The second-order valence-corrected chi connectivity index (χ2v) is 15.5. The number of piperidine rings is 1. The van der Waals surface area contributed by atoms with E-state index in [-0.39, 0.29) is 41.2 Å². The van der Waals surface area contributed by atoms with E-state index < -0.39 is 0 Å². The lowest BCUT2D eigenvalue weighted by Crippen LogP contribution is -2.62. The Morgan fingerprint density at radius 2 is 1.68 bits per heavy atom. The molecule has 11 atom stereocenters. The summed E-state index contributed by atoms with van der Waals surface area (Å²) in [7, 11) is 0. The molecule has 0 aromatic heterocycles. The van der Waals surface area contributed by atoms with Gasteiger partial charge in [0.05, 0.1) is 18.8 Å². The number of halogens is 1. The lowest BCUT2D eigenvalue weighted by molar-refractivity contribution is -0.203. The molecule has 0 aromatic carbocycles. The zero-order chi connectivity index (χ0) is 28.9. The van der Waals surface area contributed by atoms with Crippen LogP contribution in [0.1, 0.15) is 98.3 Å². The number of likely N-dealkylation sites (tertiary alicyclic amines) is 1. The maximum absolute atomic E-state index is 12.8. The van der Waals surface area contributed by atoms with Crippen molar-refractivity contribution in [1.29, 1.82) is 0 Å². The fourth-order valence-corrected chi connectivity index (χ4v) is 11.4. The van der Waals surface area contributed by atoms with E-state index in [9.17, 15) is 20.1 Å².